The first-order valence-electron chi connectivity index (χ1n) is 5.22. The maximum Gasteiger partial charge on any atom is 0.238 e. The highest BCUT2D eigenvalue weighted by Crippen LogP contribution is 2.26. The van der Waals surface area contributed by atoms with E-state index in [-0.39, 0.29) is 10.6 Å². The molecule has 0 aliphatic carbocycles. The van der Waals surface area contributed by atoms with E-state index >= 15 is 0 Å². The van der Waals surface area contributed by atoms with Crippen LogP contribution in [0.15, 0.2) is 47.4 Å². The van der Waals surface area contributed by atoms with Gasteiger partial charge in [0.15, 0.2) is 11.6 Å². The quantitative estimate of drug-likeness (QED) is 0.840. The van der Waals surface area contributed by atoms with Crippen molar-refractivity contribution in [2.24, 2.45) is 5.14 Å². The van der Waals surface area contributed by atoms with Crippen LogP contribution in [0.4, 0.5) is 10.1 Å². The van der Waals surface area contributed by atoms with E-state index in [1.165, 1.54) is 12.1 Å². The van der Waals surface area contributed by atoms with E-state index in [9.17, 15) is 12.8 Å². The lowest BCUT2D eigenvalue weighted by Crippen LogP contribution is -2.12. The van der Waals surface area contributed by atoms with Crippen LogP contribution in [0.3, 0.4) is 0 Å². The smallest absolute Gasteiger partial charge is 0.238 e. The van der Waals surface area contributed by atoms with Crippen LogP contribution < -0.4 is 15.6 Å². The highest BCUT2D eigenvalue weighted by atomic mass is 32.2. The van der Waals surface area contributed by atoms with Gasteiger partial charge in [0.05, 0.1) is 4.90 Å². The molecule has 0 atom stereocenters. The Morgan fingerprint density at radius 3 is 2.21 bits per heavy atom. The van der Waals surface area contributed by atoms with Gasteiger partial charge in [0.25, 0.3) is 0 Å². The van der Waals surface area contributed by atoms with E-state index in [1.54, 1.807) is 24.3 Å². The lowest BCUT2D eigenvalue weighted by atomic mass is 10.3. The van der Waals surface area contributed by atoms with Crippen molar-refractivity contribution >= 4 is 15.7 Å². The molecule has 0 radical (unpaired) electrons. The third-order valence-corrected chi connectivity index (χ3v) is 3.25. The zero-order valence-corrected chi connectivity index (χ0v) is 10.5. The Bertz CT molecular complexity index is 699. The molecule has 0 fully saturated rings. The van der Waals surface area contributed by atoms with E-state index in [0.29, 0.717) is 11.4 Å². The molecule has 0 bridgehead atoms. The van der Waals surface area contributed by atoms with Gasteiger partial charge < -0.3 is 10.5 Å². The third kappa shape index (κ3) is 3.21. The first-order valence-corrected chi connectivity index (χ1v) is 6.76. The molecule has 0 aliphatic rings. The molecule has 0 heterocycles. The molecule has 7 heteroatoms. The molecule has 0 saturated carbocycles. The summed E-state index contributed by atoms with van der Waals surface area (Å²) >= 11 is 0. The molecule has 0 unspecified atom stereocenters. The van der Waals surface area contributed by atoms with Crippen molar-refractivity contribution in [1.29, 1.82) is 0 Å². The highest BCUT2D eigenvalue weighted by molar-refractivity contribution is 7.89. The van der Waals surface area contributed by atoms with E-state index in [2.05, 4.69) is 0 Å². The van der Waals surface area contributed by atoms with Gasteiger partial charge >= 0.3 is 0 Å². The summed E-state index contributed by atoms with van der Waals surface area (Å²) in [5, 5.41) is 4.90. The minimum absolute atomic E-state index is 0.0998. The number of benzene rings is 2. The summed E-state index contributed by atoms with van der Waals surface area (Å²) in [7, 11) is -3.93. The zero-order chi connectivity index (χ0) is 14.0. The number of ether oxygens (including phenoxy) is 1. The topological polar surface area (TPSA) is 95.4 Å². The van der Waals surface area contributed by atoms with Gasteiger partial charge in [0.1, 0.15) is 5.75 Å². The second-order valence-electron chi connectivity index (χ2n) is 3.81. The number of primary sulfonamides is 1. The molecule has 0 aliphatic heterocycles. The molecule has 19 heavy (non-hydrogen) atoms. The lowest BCUT2D eigenvalue weighted by Gasteiger charge is -2.08. The van der Waals surface area contributed by atoms with Gasteiger partial charge in [-0.2, -0.15) is 0 Å². The summed E-state index contributed by atoms with van der Waals surface area (Å²) in [6.07, 6.45) is 0. The Hall–Kier alpha value is -2.12. The number of nitrogen functional groups attached to an aromatic ring is 1. The van der Waals surface area contributed by atoms with E-state index in [1.807, 2.05) is 0 Å². The molecular formula is C12H11FN2O3S. The molecule has 2 aromatic carbocycles. The van der Waals surface area contributed by atoms with Crippen LogP contribution in [0.1, 0.15) is 0 Å². The lowest BCUT2D eigenvalue weighted by molar-refractivity contribution is 0.441. The largest absolute Gasteiger partial charge is 0.454 e. The molecule has 0 amide bonds. The van der Waals surface area contributed by atoms with E-state index in [4.69, 9.17) is 15.6 Å². The van der Waals surface area contributed by atoms with E-state index < -0.39 is 15.8 Å². The molecule has 5 nitrogen and oxygen atoms in total. The van der Waals surface area contributed by atoms with Crippen LogP contribution in [0.25, 0.3) is 0 Å². The van der Waals surface area contributed by atoms with Gasteiger partial charge in [-0.1, -0.05) is 0 Å². The van der Waals surface area contributed by atoms with Crippen molar-refractivity contribution in [1.82, 2.24) is 0 Å². The normalized spacial score (nSPS) is 11.3. The molecular weight excluding hydrogens is 271 g/mol. The minimum atomic E-state index is -3.93. The van der Waals surface area contributed by atoms with Gasteiger partial charge in [-0.25, -0.2) is 17.9 Å². The summed E-state index contributed by atoms with van der Waals surface area (Å²) in [5.41, 5.74) is 6.06. The monoisotopic (exact) mass is 282 g/mol. The van der Waals surface area contributed by atoms with Crippen LogP contribution in [-0.4, -0.2) is 8.42 Å². The summed E-state index contributed by atoms with van der Waals surface area (Å²) in [6.45, 7) is 0. The molecule has 4 N–H and O–H groups in total. The number of anilines is 1. The fourth-order valence-corrected chi connectivity index (χ4v) is 1.93. The van der Waals surface area contributed by atoms with E-state index in [0.717, 1.165) is 6.07 Å². The van der Waals surface area contributed by atoms with Gasteiger partial charge in [0.2, 0.25) is 10.0 Å². The maximum atomic E-state index is 13.7. The Morgan fingerprint density at radius 1 is 1.05 bits per heavy atom. The van der Waals surface area contributed by atoms with Crippen molar-refractivity contribution in [2.45, 2.75) is 4.90 Å². The summed E-state index contributed by atoms with van der Waals surface area (Å²) in [6, 6.07) is 9.53. The fourth-order valence-electron chi connectivity index (χ4n) is 1.40. The predicted octanol–water partition coefficient (Wildman–Crippen LogP) is 1.85. The maximum absolute atomic E-state index is 13.7. The number of nitrogens with two attached hydrogens (primary N) is 2. The minimum Gasteiger partial charge on any atom is -0.454 e. The van der Waals surface area contributed by atoms with Gasteiger partial charge in [-0.3, -0.25) is 0 Å². The standard InChI is InChI=1S/C12H11FN2O3S/c13-11-7-10(19(15,16)17)5-6-12(11)18-9-3-1-8(14)2-4-9/h1-7H,14H2,(H2,15,16,17). The Labute approximate surface area is 109 Å². The molecule has 0 spiro atoms. The van der Waals surface area contributed by atoms with Crippen LogP contribution in [0, 0.1) is 5.82 Å². The van der Waals surface area contributed by atoms with Gasteiger partial charge in [-0.15, -0.1) is 0 Å². The van der Waals surface area contributed by atoms with Crippen molar-refractivity contribution < 1.29 is 17.5 Å². The zero-order valence-electron chi connectivity index (χ0n) is 9.71. The van der Waals surface area contributed by atoms with Crippen molar-refractivity contribution in [3.8, 4) is 11.5 Å². The second kappa shape index (κ2) is 4.87. The first kappa shape index (κ1) is 13.3. The Kier molecular flexibility index (Phi) is 3.41. The Morgan fingerprint density at radius 2 is 1.68 bits per heavy atom. The summed E-state index contributed by atoms with van der Waals surface area (Å²) in [4.78, 5) is -0.311. The predicted molar refractivity (Wildman–Crippen MR) is 68.7 cm³/mol. The van der Waals surface area contributed by atoms with Crippen LogP contribution in [0.5, 0.6) is 11.5 Å². The van der Waals surface area contributed by atoms with Crippen molar-refractivity contribution in [3.05, 3.63) is 48.3 Å². The Balaban J connectivity index is 2.29. The molecule has 100 valence electrons. The molecule has 2 rings (SSSR count). The van der Waals surface area contributed by atoms with Crippen LogP contribution in [0.2, 0.25) is 0 Å². The summed E-state index contributed by atoms with van der Waals surface area (Å²) in [5.74, 6) is -0.531. The van der Waals surface area contributed by atoms with Gasteiger partial charge in [0, 0.05) is 5.69 Å². The molecule has 0 aromatic heterocycles. The molecule has 2 aromatic rings. The third-order valence-electron chi connectivity index (χ3n) is 2.34. The number of hydrogen-bond acceptors (Lipinski definition) is 4. The first-order chi connectivity index (χ1) is 8.86. The second-order valence-corrected chi connectivity index (χ2v) is 5.37. The number of sulfonamides is 1. The van der Waals surface area contributed by atoms with Crippen molar-refractivity contribution in [3.63, 3.8) is 0 Å². The highest BCUT2D eigenvalue weighted by Gasteiger charge is 2.12. The SMILES string of the molecule is Nc1ccc(Oc2ccc(S(N)(=O)=O)cc2F)cc1. The van der Waals surface area contributed by atoms with Crippen LogP contribution in [-0.2, 0) is 10.0 Å². The van der Waals surface area contributed by atoms with Crippen LogP contribution >= 0.6 is 0 Å². The van der Waals surface area contributed by atoms with Crippen molar-refractivity contribution in [2.75, 3.05) is 5.73 Å². The number of halogens is 1. The average molecular weight is 282 g/mol. The van der Waals surface area contributed by atoms with Gasteiger partial charge in [-0.05, 0) is 42.5 Å². The molecule has 0 saturated heterocycles. The number of rotatable bonds is 3. The average Bonchev–Trinajstić information content (AvgIpc) is 2.33. The fraction of sp³-hybridized carbons (Fsp3) is 0. The number of hydrogen-bond donors (Lipinski definition) is 2. The summed E-state index contributed by atoms with van der Waals surface area (Å²) < 4.78 is 41.0.